The fourth-order valence-electron chi connectivity index (χ4n) is 3.45. The zero-order valence-electron chi connectivity index (χ0n) is 17.1. The number of carboxylic acid groups (broad SMARTS) is 1. The lowest BCUT2D eigenvalue weighted by molar-refractivity contribution is -0.143. The van der Waals surface area contributed by atoms with Crippen LogP contribution in [-0.2, 0) is 21.4 Å². The first-order valence-electron chi connectivity index (χ1n) is 9.93. The Labute approximate surface area is 177 Å². The number of hydrogen-bond acceptors (Lipinski definition) is 5. The Balaban J connectivity index is 1.69. The Morgan fingerprint density at radius 3 is 2.33 bits per heavy atom. The number of hydrogen-bond donors (Lipinski definition) is 2. The zero-order valence-corrected chi connectivity index (χ0v) is 17.9. The molecule has 0 bridgehead atoms. The fourth-order valence-corrected chi connectivity index (χ4v) is 5.05. The van der Waals surface area contributed by atoms with Gasteiger partial charge in [0.1, 0.15) is 18.4 Å². The molecule has 162 valence electrons. The quantitative estimate of drug-likeness (QED) is 0.696. The third-order valence-corrected chi connectivity index (χ3v) is 7.22. The van der Waals surface area contributed by atoms with Crippen molar-refractivity contribution < 1.29 is 28.2 Å². The fraction of sp³-hybridized carbons (Fsp3) is 0.409. The lowest BCUT2D eigenvalue weighted by atomic mass is 10.0. The summed E-state index contributed by atoms with van der Waals surface area (Å²) in [5, 5.41) is 19.1. The Morgan fingerprint density at radius 1 is 1.13 bits per heavy atom. The van der Waals surface area contributed by atoms with Gasteiger partial charge in [-0.05, 0) is 47.7 Å². The summed E-state index contributed by atoms with van der Waals surface area (Å²) in [7, 11) is -3.99. The summed E-state index contributed by atoms with van der Waals surface area (Å²) in [5.74, 6) is -0.287. The number of carbonyl (C=O) groups is 1. The van der Waals surface area contributed by atoms with Gasteiger partial charge in [-0.1, -0.05) is 38.1 Å². The van der Waals surface area contributed by atoms with Gasteiger partial charge in [-0.25, -0.2) is 8.42 Å². The van der Waals surface area contributed by atoms with Crippen molar-refractivity contribution in [3.05, 3.63) is 59.7 Å². The first-order chi connectivity index (χ1) is 14.2. The second kappa shape index (κ2) is 9.16. The summed E-state index contributed by atoms with van der Waals surface area (Å²) in [4.78, 5) is 11.5. The van der Waals surface area contributed by atoms with Gasteiger partial charge < -0.3 is 14.9 Å². The Morgan fingerprint density at radius 2 is 1.77 bits per heavy atom. The molecule has 0 radical (unpaired) electrons. The number of nitrogens with zero attached hydrogens (tertiary/aromatic N) is 1. The zero-order chi connectivity index (χ0) is 21.9. The Hall–Kier alpha value is -2.42. The molecule has 8 heteroatoms. The van der Waals surface area contributed by atoms with Crippen molar-refractivity contribution in [3.63, 3.8) is 0 Å². The van der Waals surface area contributed by atoms with Gasteiger partial charge in [0.2, 0.25) is 10.0 Å². The summed E-state index contributed by atoms with van der Waals surface area (Å²) in [6, 6.07) is 12.8. The van der Waals surface area contributed by atoms with E-state index in [1.807, 2.05) is 12.1 Å². The predicted molar refractivity (Wildman–Crippen MR) is 112 cm³/mol. The number of ether oxygens (including phenoxy) is 1. The molecule has 3 rings (SSSR count). The van der Waals surface area contributed by atoms with E-state index in [0.29, 0.717) is 18.3 Å². The van der Waals surface area contributed by atoms with E-state index in [-0.39, 0.29) is 24.3 Å². The van der Waals surface area contributed by atoms with Gasteiger partial charge in [-0.15, -0.1) is 0 Å². The van der Waals surface area contributed by atoms with E-state index in [4.69, 9.17) is 4.74 Å². The van der Waals surface area contributed by atoms with Crippen LogP contribution in [0, 0.1) is 0 Å². The molecule has 2 unspecified atom stereocenters. The first-order valence-corrected chi connectivity index (χ1v) is 11.4. The molecule has 0 amide bonds. The van der Waals surface area contributed by atoms with Crippen molar-refractivity contribution in [2.45, 2.75) is 56.3 Å². The largest absolute Gasteiger partial charge is 0.489 e. The lowest BCUT2D eigenvalue weighted by Crippen LogP contribution is -2.51. The molecule has 1 heterocycles. The van der Waals surface area contributed by atoms with Crippen LogP contribution in [0.5, 0.6) is 5.75 Å². The van der Waals surface area contributed by atoms with E-state index in [0.717, 1.165) is 9.87 Å². The molecule has 2 aromatic carbocycles. The highest BCUT2D eigenvalue weighted by Crippen LogP contribution is 2.27. The van der Waals surface area contributed by atoms with Gasteiger partial charge in [0, 0.05) is 13.0 Å². The molecule has 0 aromatic heterocycles. The molecule has 1 aliphatic rings. The van der Waals surface area contributed by atoms with Gasteiger partial charge in [0.15, 0.2) is 0 Å². The monoisotopic (exact) mass is 433 g/mol. The number of benzene rings is 2. The molecule has 0 aliphatic carbocycles. The summed E-state index contributed by atoms with van der Waals surface area (Å²) >= 11 is 0. The van der Waals surface area contributed by atoms with Crippen LogP contribution in [0.2, 0.25) is 0 Å². The summed E-state index contributed by atoms with van der Waals surface area (Å²) in [6.45, 7) is 4.58. The normalized spacial score (nSPS) is 20.3. The van der Waals surface area contributed by atoms with Crippen LogP contribution >= 0.6 is 0 Å². The van der Waals surface area contributed by atoms with Crippen LogP contribution in [0.1, 0.15) is 43.7 Å². The molecule has 1 aliphatic heterocycles. The van der Waals surface area contributed by atoms with E-state index in [1.54, 1.807) is 12.1 Å². The van der Waals surface area contributed by atoms with Crippen molar-refractivity contribution in [2.75, 3.05) is 6.54 Å². The maximum absolute atomic E-state index is 12.9. The number of aliphatic hydroxyl groups is 1. The number of sulfonamides is 1. The SMILES string of the molecule is CC(C)c1ccc(COc2ccc(S(=O)(=O)N3CCC(O)CC3C(=O)O)cc2)cc1. The summed E-state index contributed by atoms with van der Waals surface area (Å²) < 4.78 is 32.5. The van der Waals surface area contributed by atoms with E-state index in [9.17, 15) is 23.4 Å². The van der Waals surface area contributed by atoms with Crippen LogP contribution in [0.4, 0.5) is 0 Å². The second-order valence-corrected chi connectivity index (χ2v) is 9.69. The van der Waals surface area contributed by atoms with Crippen LogP contribution in [0.25, 0.3) is 0 Å². The van der Waals surface area contributed by atoms with Crippen molar-refractivity contribution in [1.29, 1.82) is 0 Å². The molecule has 0 spiro atoms. The summed E-state index contributed by atoms with van der Waals surface area (Å²) in [6.07, 6.45) is -0.728. The van der Waals surface area contributed by atoms with E-state index < -0.39 is 28.1 Å². The molecule has 1 saturated heterocycles. The molecule has 2 N–H and O–H groups in total. The highest BCUT2D eigenvalue weighted by atomic mass is 32.2. The average Bonchev–Trinajstić information content (AvgIpc) is 2.72. The third kappa shape index (κ3) is 5.00. The highest BCUT2D eigenvalue weighted by molar-refractivity contribution is 7.89. The predicted octanol–water partition coefficient (Wildman–Crippen LogP) is 2.99. The topological polar surface area (TPSA) is 104 Å². The molecule has 7 nitrogen and oxygen atoms in total. The van der Waals surface area contributed by atoms with Crippen LogP contribution in [-0.4, -0.2) is 47.6 Å². The van der Waals surface area contributed by atoms with Crippen LogP contribution < -0.4 is 4.74 Å². The minimum absolute atomic E-state index is 0.00113. The standard InChI is InChI=1S/C22H27NO6S/c1-15(2)17-5-3-16(4-6-17)14-29-19-7-9-20(10-8-19)30(27,28)23-12-11-18(24)13-21(23)22(25)26/h3-10,15,18,21,24H,11-14H2,1-2H3,(H,25,26). The third-order valence-electron chi connectivity index (χ3n) is 5.29. The van der Waals surface area contributed by atoms with Gasteiger partial charge >= 0.3 is 5.97 Å². The van der Waals surface area contributed by atoms with Gasteiger partial charge in [-0.3, -0.25) is 4.79 Å². The molecule has 0 saturated carbocycles. The minimum atomic E-state index is -3.99. The summed E-state index contributed by atoms with van der Waals surface area (Å²) in [5.41, 5.74) is 2.26. The van der Waals surface area contributed by atoms with Crippen LogP contribution in [0.15, 0.2) is 53.4 Å². The van der Waals surface area contributed by atoms with Crippen LogP contribution in [0.3, 0.4) is 0 Å². The smallest absolute Gasteiger partial charge is 0.322 e. The Bertz CT molecular complexity index is 970. The van der Waals surface area contributed by atoms with E-state index in [2.05, 4.69) is 26.0 Å². The maximum atomic E-state index is 12.9. The van der Waals surface area contributed by atoms with E-state index >= 15 is 0 Å². The average molecular weight is 434 g/mol. The molecular weight excluding hydrogens is 406 g/mol. The van der Waals surface area contributed by atoms with Gasteiger partial charge in [-0.2, -0.15) is 4.31 Å². The molecule has 30 heavy (non-hydrogen) atoms. The lowest BCUT2D eigenvalue weighted by Gasteiger charge is -2.34. The highest BCUT2D eigenvalue weighted by Gasteiger charge is 2.40. The molecular formula is C22H27NO6S. The van der Waals surface area contributed by atoms with Gasteiger partial charge in [0.25, 0.3) is 0 Å². The van der Waals surface area contributed by atoms with Crippen molar-refractivity contribution in [2.24, 2.45) is 0 Å². The number of aliphatic carboxylic acids is 1. The molecule has 2 aromatic rings. The number of rotatable bonds is 7. The van der Waals surface area contributed by atoms with E-state index in [1.165, 1.54) is 17.7 Å². The number of piperidine rings is 1. The second-order valence-electron chi connectivity index (χ2n) is 7.80. The van der Waals surface area contributed by atoms with Gasteiger partial charge in [0.05, 0.1) is 11.0 Å². The first kappa shape index (κ1) is 22.3. The molecule has 1 fully saturated rings. The maximum Gasteiger partial charge on any atom is 0.322 e. The number of aliphatic hydroxyl groups excluding tert-OH is 1. The van der Waals surface area contributed by atoms with Crippen molar-refractivity contribution >= 4 is 16.0 Å². The molecule has 2 atom stereocenters. The van der Waals surface area contributed by atoms with Crippen molar-refractivity contribution in [3.8, 4) is 5.75 Å². The van der Waals surface area contributed by atoms with Crippen molar-refractivity contribution in [1.82, 2.24) is 4.31 Å². The Kier molecular flexibility index (Phi) is 6.80. The minimum Gasteiger partial charge on any atom is -0.489 e. The number of carboxylic acids is 1.